The van der Waals surface area contributed by atoms with Crippen molar-refractivity contribution in [1.82, 2.24) is 4.57 Å². The summed E-state index contributed by atoms with van der Waals surface area (Å²) in [6, 6.07) is 10.6. The van der Waals surface area contributed by atoms with Crippen molar-refractivity contribution < 1.29 is 9.53 Å². The van der Waals surface area contributed by atoms with E-state index in [1.54, 1.807) is 55.7 Å². The molecule has 0 spiro atoms. The van der Waals surface area contributed by atoms with Crippen molar-refractivity contribution in [3.8, 4) is 5.75 Å². The van der Waals surface area contributed by atoms with Crippen LogP contribution in [0.5, 0.6) is 5.75 Å². The fourth-order valence-corrected chi connectivity index (χ4v) is 1.53. The Hall–Kier alpha value is -2.23. The third kappa shape index (κ3) is 2.66. The van der Waals surface area contributed by atoms with Crippen molar-refractivity contribution in [2.75, 3.05) is 5.73 Å². The molecule has 17 heavy (non-hydrogen) atoms. The Balaban J connectivity index is 2.07. The second kappa shape index (κ2) is 4.74. The highest BCUT2D eigenvalue weighted by Crippen LogP contribution is 2.16. The van der Waals surface area contributed by atoms with E-state index in [2.05, 4.69) is 0 Å². The summed E-state index contributed by atoms with van der Waals surface area (Å²) in [6.45, 7) is 1.71. The maximum Gasteiger partial charge on any atom is 0.271 e. The molecule has 2 N–H and O–H groups in total. The number of benzene rings is 1. The summed E-state index contributed by atoms with van der Waals surface area (Å²) in [6.07, 6.45) is 2.84. The summed E-state index contributed by atoms with van der Waals surface area (Å²) in [5.74, 6) is 0.482. The summed E-state index contributed by atoms with van der Waals surface area (Å²) >= 11 is 0. The molecule has 2 aromatic rings. The van der Waals surface area contributed by atoms with E-state index in [0.717, 1.165) is 0 Å². The van der Waals surface area contributed by atoms with E-state index >= 15 is 0 Å². The molecule has 0 bridgehead atoms. The summed E-state index contributed by atoms with van der Waals surface area (Å²) in [5, 5.41) is 0. The van der Waals surface area contributed by atoms with Gasteiger partial charge in [-0.15, -0.1) is 0 Å². The summed E-state index contributed by atoms with van der Waals surface area (Å²) < 4.78 is 7.03. The predicted molar refractivity (Wildman–Crippen MR) is 66.0 cm³/mol. The number of hydrogen-bond acceptors (Lipinski definition) is 3. The number of nitrogens with two attached hydrogens (primary N) is 1. The van der Waals surface area contributed by atoms with Crippen LogP contribution in [0.2, 0.25) is 0 Å². The van der Waals surface area contributed by atoms with Crippen LogP contribution < -0.4 is 10.5 Å². The highest BCUT2D eigenvalue weighted by atomic mass is 16.5. The minimum absolute atomic E-state index is 0.113. The quantitative estimate of drug-likeness (QED) is 0.822. The Labute approximate surface area is 99.6 Å². The van der Waals surface area contributed by atoms with E-state index < -0.39 is 6.10 Å². The number of nitrogens with zero attached hydrogens (tertiary/aromatic N) is 1. The van der Waals surface area contributed by atoms with Gasteiger partial charge in [0.25, 0.3) is 5.91 Å². The van der Waals surface area contributed by atoms with Gasteiger partial charge in [-0.25, -0.2) is 0 Å². The zero-order valence-corrected chi connectivity index (χ0v) is 9.54. The Morgan fingerprint density at radius 2 is 2.00 bits per heavy atom. The molecule has 0 radical (unpaired) electrons. The van der Waals surface area contributed by atoms with Crippen LogP contribution in [-0.2, 0) is 0 Å². The van der Waals surface area contributed by atoms with Crippen LogP contribution in [-0.4, -0.2) is 16.6 Å². The van der Waals surface area contributed by atoms with Crippen molar-refractivity contribution in [1.29, 1.82) is 0 Å². The number of aromatic nitrogens is 1. The SMILES string of the molecule is C[C@H](Oc1cccc(N)c1)C(=O)n1cccc1. The molecule has 0 aliphatic carbocycles. The first-order valence-electron chi connectivity index (χ1n) is 5.36. The lowest BCUT2D eigenvalue weighted by molar-refractivity contribution is 0.0728. The molecule has 1 atom stereocenters. The average molecular weight is 230 g/mol. The molecular formula is C13H14N2O2. The van der Waals surface area contributed by atoms with Gasteiger partial charge >= 0.3 is 0 Å². The molecule has 0 saturated heterocycles. The maximum atomic E-state index is 11.9. The Kier molecular flexibility index (Phi) is 3.14. The van der Waals surface area contributed by atoms with Gasteiger partial charge in [0.15, 0.2) is 6.10 Å². The Morgan fingerprint density at radius 3 is 2.65 bits per heavy atom. The van der Waals surface area contributed by atoms with Crippen LogP contribution in [0, 0.1) is 0 Å². The molecule has 0 aliphatic rings. The van der Waals surface area contributed by atoms with E-state index in [0.29, 0.717) is 11.4 Å². The van der Waals surface area contributed by atoms with Gasteiger partial charge in [0, 0.05) is 24.1 Å². The number of carbonyl (C=O) groups is 1. The van der Waals surface area contributed by atoms with Crippen LogP contribution in [0.1, 0.15) is 11.7 Å². The highest BCUT2D eigenvalue weighted by molar-refractivity contribution is 5.83. The third-order valence-electron chi connectivity index (χ3n) is 2.38. The molecule has 0 fully saturated rings. The molecule has 1 aromatic carbocycles. The normalized spacial score (nSPS) is 12.1. The average Bonchev–Trinajstić information content (AvgIpc) is 2.81. The lowest BCUT2D eigenvalue weighted by atomic mass is 10.3. The first-order chi connectivity index (χ1) is 8.16. The van der Waals surface area contributed by atoms with Crippen molar-refractivity contribution in [2.45, 2.75) is 13.0 Å². The number of carbonyl (C=O) groups excluding carboxylic acids is 1. The monoisotopic (exact) mass is 230 g/mol. The minimum Gasteiger partial charge on any atom is -0.481 e. The van der Waals surface area contributed by atoms with Gasteiger partial charge < -0.3 is 10.5 Å². The molecule has 0 aliphatic heterocycles. The lowest BCUT2D eigenvalue weighted by Gasteiger charge is -2.14. The van der Waals surface area contributed by atoms with Crippen molar-refractivity contribution in [3.05, 3.63) is 48.8 Å². The molecule has 4 heteroatoms. The first-order valence-corrected chi connectivity index (χ1v) is 5.36. The molecular weight excluding hydrogens is 216 g/mol. The second-order valence-corrected chi connectivity index (χ2v) is 3.76. The van der Waals surface area contributed by atoms with Gasteiger partial charge in [-0.2, -0.15) is 0 Å². The van der Waals surface area contributed by atoms with Crippen molar-refractivity contribution in [2.24, 2.45) is 0 Å². The number of ether oxygens (including phenoxy) is 1. The topological polar surface area (TPSA) is 57.2 Å². The van der Waals surface area contributed by atoms with E-state index in [1.807, 2.05) is 0 Å². The van der Waals surface area contributed by atoms with E-state index in [-0.39, 0.29) is 5.91 Å². The van der Waals surface area contributed by atoms with Crippen LogP contribution in [0.25, 0.3) is 0 Å². The van der Waals surface area contributed by atoms with Crippen LogP contribution >= 0.6 is 0 Å². The van der Waals surface area contributed by atoms with Gasteiger partial charge in [0.1, 0.15) is 5.75 Å². The Bertz CT molecular complexity index is 506. The molecule has 2 rings (SSSR count). The zero-order valence-electron chi connectivity index (χ0n) is 9.54. The third-order valence-corrected chi connectivity index (χ3v) is 2.38. The van der Waals surface area contributed by atoms with E-state index in [1.165, 1.54) is 4.57 Å². The number of hydrogen-bond donors (Lipinski definition) is 1. The van der Waals surface area contributed by atoms with Gasteiger partial charge in [-0.3, -0.25) is 9.36 Å². The lowest BCUT2D eigenvalue weighted by Crippen LogP contribution is -2.28. The van der Waals surface area contributed by atoms with Gasteiger partial charge in [0.2, 0.25) is 0 Å². The first kappa shape index (κ1) is 11.3. The number of anilines is 1. The standard InChI is InChI=1S/C13H14N2O2/c1-10(13(16)15-7-2-3-8-15)17-12-6-4-5-11(14)9-12/h2-10H,14H2,1H3/t10-/m0/s1. The summed E-state index contributed by atoms with van der Waals surface area (Å²) in [7, 11) is 0. The fourth-order valence-electron chi connectivity index (χ4n) is 1.53. The molecule has 1 heterocycles. The van der Waals surface area contributed by atoms with E-state index in [9.17, 15) is 4.79 Å². The molecule has 0 unspecified atom stereocenters. The predicted octanol–water partition coefficient (Wildman–Crippen LogP) is 2.18. The number of nitrogen functional groups attached to an aromatic ring is 1. The second-order valence-electron chi connectivity index (χ2n) is 3.76. The van der Waals surface area contributed by atoms with Crippen LogP contribution in [0.3, 0.4) is 0 Å². The number of rotatable bonds is 3. The molecule has 88 valence electrons. The van der Waals surface area contributed by atoms with Gasteiger partial charge in [-0.05, 0) is 31.2 Å². The summed E-state index contributed by atoms with van der Waals surface area (Å²) in [5.41, 5.74) is 6.25. The fraction of sp³-hybridized carbons (Fsp3) is 0.154. The minimum atomic E-state index is -0.552. The van der Waals surface area contributed by atoms with Crippen LogP contribution in [0.15, 0.2) is 48.8 Å². The van der Waals surface area contributed by atoms with Crippen molar-refractivity contribution >= 4 is 11.6 Å². The maximum absolute atomic E-state index is 11.9. The zero-order chi connectivity index (χ0) is 12.3. The van der Waals surface area contributed by atoms with E-state index in [4.69, 9.17) is 10.5 Å². The largest absolute Gasteiger partial charge is 0.481 e. The molecule has 0 amide bonds. The van der Waals surface area contributed by atoms with Crippen LogP contribution in [0.4, 0.5) is 5.69 Å². The summed E-state index contributed by atoms with van der Waals surface area (Å²) in [4.78, 5) is 11.9. The molecule has 0 saturated carbocycles. The van der Waals surface area contributed by atoms with Gasteiger partial charge in [-0.1, -0.05) is 6.07 Å². The van der Waals surface area contributed by atoms with Crippen molar-refractivity contribution in [3.63, 3.8) is 0 Å². The molecule has 1 aromatic heterocycles. The smallest absolute Gasteiger partial charge is 0.271 e. The van der Waals surface area contributed by atoms with Gasteiger partial charge in [0.05, 0.1) is 0 Å². The Morgan fingerprint density at radius 1 is 1.29 bits per heavy atom. The highest BCUT2D eigenvalue weighted by Gasteiger charge is 2.15. The molecule has 4 nitrogen and oxygen atoms in total.